The van der Waals surface area contributed by atoms with Crippen LogP contribution in [-0.4, -0.2) is 0 Å². The molecule has 0 amide bonds. The smallest absolute Gasteiger partial charge is 0.0453 e. The first-order chi connectivity index (χ1) is 4.84. The summed E-state index contributed by atoms with van der Waals surface area (Å²) in [5.41, 5.74) is 0. The Hall–Kier alpha value is 0.430. The highest BCUT2D eigenvalue weighted by Gasteiger charge is 2.05. The van der Waals surface area contributed by atoms with Gasteiger partial charge in [0.05, 0.1) is 0 Å². The number of hydrogen-bond donors (Lipinski definition) is 0. The molecule has 0 aliphatic carbocycles. The Morgan fingerprint density at radius 3 is 3.00 bits per heavy atom. The first-order valence-electron chi connectivity index (χ1n) is 3.52. The predicted molar refractivity (Wildman–Crippen MR) is 56.0 cm³/mol. The fraction of sp³-hybridized carbons (Fsp3) is 0.500. The minimum atomic E-state index is 0.739. The third kappa shape index (κ3) is 2.23. The summed E-state index contributed by atoms with van der Waals surface area (Å²) in [4.78, 5) is 1.52. The van der Waals surface area contributed by atoms with E-state index in [2.05, 4.69) is 47.0 Å². The van der Waals surface area contributed by atoms with Crippen molar-refractivity contribution in [2.75, 3.05) is 0 Å². The van der Waals surface area contributed by atoms with Crippen molar-refractivity contribution < 1.29 is 0 Å². The van der Waals surface area contributed by atoms with Crippen LogP contribution in [0.15, 0.2) is 17.5 Å². The molecular weight excluding hydrogens is 255 g/mol. The lowest BCUT2D eigenvalue weighted by Crippen LogP contribution is -1.82. The maximum atomic E-state index is 2.51. The highest BCUT2D eigenvalue weighted by Crippen LogP contribution is 2.31. The van der Waals surface area contributed by atoms with Gasteiger partial charge in [0.15, 0.2) is 0 Å². The van der Waals surface area contributed by atoms with Crippen LogP contribution in [0, 0.1) is 0 Å². The number of alkyl halides is 1. The zero-order valence-corrected chi connectivity index (χ0v) is 8.98. The van der Waals surface area contributed by atoms with Gasteiger partial charge in [-0.3, -0.25) is 0 Å². The van der Waals surface area contributed by atoms with E-state index in [9.17, 15) is 0 Å². The van der Waals surface area contributed by atoms with Crippen LogP contribution in [0.5, 0.6) is 0 Å². The van der Waals surface area contributed by atoms with Gasteiger partial charge in [0.1, 0.15) is 0 Å². The topological polar surface area (TPSA) is 0 Å². The summed E-state index contributed by atoms with van der Waals surface area (Å²) in [5.74, 6) is 0. The summed E-state index contributed by atoms with van der Waals surface area (Å²) >= 11 is 4.38. The molecule has 0 N–H and O–H groups in total. The van der Waals surface area contributed by atoms with Crippen molar-refractivity contribution in [2.24, 2.45) is 0 Å². The van der Waals surface area contributed by atoms with Crippen molar-refractivity contribution >= 4 is 33.9 Å². The Morgan fingerprint density at radius 1 is 1.70 bits per heavy atom. The van der Waals surface area contributed by atoms with Crippen molar-refractivity contribution in [3.63, 3.8) is 0 Å². The fourth-order valence-corrected chi connectivity index (χ4v) is 2.87. The van der Waals surface area contributed by atoms with Gasteiger partial charge in [-0.1, -0.05) is 42.0 Å². The van der Waals surface area contributed by atoms with Crippen molar-refractivity contribution in [2.45, 2.75) is 23.7 Å². The van der Waals surface area contributed by atoms with E-state index in [4.69, 9.17) is 0 Å². The maximum absolute atomic E-state index is 2.51. The standard InChI is InChI=1S/C8H11IS/c1-2-4-7(9)8-5-3-6-10-8/h3,5-7H,2,4H2,1H3. The summed E-state index contributed by atoms with van der Waals surface area (Å²) in [5, 5.41) is 2.15. The molecule has 0 aromatic carbocycles. The third-order valence-corrected chi connectivity index (χ3v) is 4.10. The second-order valence-corrected chi connectivity index (χ2v) is 4.75. The van der Waals surface area contributed by atoms with Crippen LogP contribution >= 0.6 is 33.9 Å². The first kappa shape index (κ1) is 8.53. The SMILES string of the molecule is CCCC(I)c1cccs1. The monoisotopic (exact) mass is 266 g/mol. The summed E-state index contributed by atoms with van der Waals surface area (Å²) in [6.07, 6.45) is 2.59. The molecule has 2 heteroatoms. The Bertz CT molecular complexity index is 169. The van der Waals surface area contributed by atoms with Gasteiger partial charge in [-0.25, -0.2) is 0 Å². The van der Waals surface area contributed by atoms with E-state index in [0.29, 0.717) is 0 Å². The van der Waals surface area contributed by atoms with Gasteiger partial charge >= 0.3 is 0 Å². The van der Waals surface area contributed by atoms with E-state index < -0.39 is 0 Å². The zero-order chi connectivity index (χ0) is 7.40. The highest BCUT2D eigenvalue weighted by molar-refractivity contribution is 14.1. The molecule has 56 valence electrons. The Morgan fingerprint density at radius 2 is 2.50 bits per heavy atom. The Labute approximate surface area is 79.8 Å². The van der Waals surface area contributed by atoms with Crippen molar-refractivity contribution in [3.8, 4) is 0 Å². The van der Waals surface area contributed by atoms with E-state index in [-0.39, 0.29) is 0 Å². The van der Waals surface area contributed by atoms with Crippen molar-refractivity contribution in [1.82, 2.24) is 0 Å². The summed E-state index contributed by atoms with van der Waals surface area (Å²) in [7, 11) is 0. The van der Waals surface area contributed by atoms with Crippen LogP contribution in [0.25, 0.3) is 0 Å². The highest BCUT2D eigenvalue weighted by atomic mass is 127. The van der Waals surface area contributed by atoms with Crippen LogP contribution in [0.4, 0.5) is 0 Å². The molecule has 0 aliphatic heterocycles. The van der Waals surface area contributed by atoms with Crippen LogP contribution in [-0.2, 0) is 0 Å². The lowest BCUT2D eigenvalue weighted by molar-refractivity contribution is 0.808. The second-order valence-electron chi connectivity index (χ2n) is 2.27. The zero-order valence-electron chi connectivity index (χ0n) is 6.01. The molecular formula is C8H11IS. The summed E-state index contributed by atoms with van der Waals surface area (Å²) < 4.78 is 0.739. The van der Waals surface area contributed by atoms with Gasteiger partial charge in [0.25, 0.3) is 0 Å². The van der Waals surface area contributed by atoms with Crippen LogP contribution in [0.1, 0.15) is 28.6 Å². The largest absolute Gasteiger partial charge is 0.148 e. The predicted octanol–water partition coefficient (Wildman–Crippen LogP) is 4.02. The third-order valence-electron chi connectivity index (χ3n) is 1.39. The Balaban J connectivity index is 2.50. The number of rotatable bonds is 3. The molecule has 0 bridgehead atoms. The number of halogens is 1. The molecule has 1 heterocycles. The molecule has 1 aromatic heterocycles. The first-order valence-corrected chi connectivity index (χ1v) is 5.64. The van der Waals surface area contributed by atoms with E-state index in [1.807, 2.05) is 11.3 Å². The molecule has 0 saturated carbocycles. The van der Waals surface area contributed by atoms with Gasteiger partial charge in [-0.15, -0.1) is 11.3 Å². The lowest BCUT2D eigenvalue weighted by Gasteiger charge is -2.03. The van der Waals surface area contributed by atoms with Gasteiger partial charge in [-0.05, 0) is 17.9 Å². The summed E-state index contributed by atoms with van der Waals surface area (Å²) in [6.45, 7) is 2.24. The minimum absolute atomic E-state index is 0.739. The lowest BCUT2D eigenvalue weighted by atomic mass is 10.2. The molecule has 0 nitrogen and oxygen atoms in total. The van der Waals surface area contributed by atoms with Gasteiger partial charge in [-0.2, -0.15) is 0 Å². The molecule has 0 spiro atoms. The average Bonchev–Trinajstić information content (AvgIpc) is 2.38. The van der Waals surface area contributed by atoms with E-state index in [1.165, 1.54) is 17.7 Å². The molecule has 1 unspecified atom stereocenters. The minimum Gasteiger partial charge on any atom is -0.148 e. The van der Waals surface area contributed by atoms with Gasteiger partial charge < -0.3 is 0 Å². The molecule has 0 radical (unpaired) electrons. The summed E-state index contributed by atoms with van der Waals surface area (Å²) in [6, 6.07) is 4.35. The fourth-order valence-electron chi connectivity index (χ4n) is 0.865. The van der Waals surface area contributed by atoms with Crippen molar-refractivity contribution in [1.29, 1.82) is 0 Å². The molecule has 0 saturated heterocycles. The molecule has 10 heavy (non-hydrogen) atoms. The van der Waals surface area contributed by atoms with E-state index in [0.717, 1.165) is 3.92 Å². The van der Waals surface area contributed by atoms with Crippen molar-refractivity contribution in [3.05, 3.63) is 22.4 Å². The van der Waals surface area contributed by atoms with E-state index in [1.54, 1.807) is 0 Å². The average molecular weight is 266 g/mol. The van der Waals surface area contributed by atoms with Gasteiger partial charge in [0, 0.05) is 8.80 Å². The normalized spacial score (nSPS) is 13.4. The molecule has 0 fully saturated rings. The molecule has 1 aromatic rings. The maximum Gasteiger partial charge on any atom is 0.0453 e. The Kier molecular flexibility index (Phi) is 3.70. The number of thiophene rings is 1. The van der Waals surface area contributed by atoms with Crippen LogP contribution in [0.2, 0.25) is 0 Å². The molecule has 1 atom stereocenters. The molecule has 1 rings (SSSR count). The van der Waals surface area contributed by atoms with Gasteiger partial charge in [0.2, 0.25) is 0 Å². The molecule has 0 aliphatic rings. The van der Waals surface area contributed by atoms with Crippen LogP contribution < -0.4 is 0 Å². The quantitative estimate of drug-likeness (QED) is 0.572. The number of hydrogen-bond acceptors (Lipinski definition) is 1. The van der Waals surface area contributed by atoms with Crippen LogP contribution in [0.3, 0.4) is 0 Å². The second kappa shape index (κ2) is 4.34. The van der Waals surface area contributed by atoms with E-state index >= 15 is 0 Å².